The van der Waals surface area contributed by atoms with Crippen molar-refractivity contribution in [3.8, 4) is 0 Å². The van der Waals surface area contributed by atoms with Crippen molar-refractivity contribution in [2.75, 3.05) is 24.5 Å². The summed E-state index contributed by atoms with van der Waals surface area (Å²) in [7, 11) is 0. The van der Waals surface area contributed by atoms with Crippen LogP contribution in [-0.2, 0) is 19.7 Å². The Bertz CT molecular complexity index is 825. The molecule has 3 fully saturated rings. The Hall–Kier alpha value is -2.75. The van der Waals surface area contributed by atoms with Gasteiger partial charge in [-0.05, 0) is 24.6 Å². The lowest BCUT2D eigenvalue weighted by Crippen LogP contribution is -2.33. The zero-order chi connectivity index (χ0) is 18.8. The van der Waals surface area contributed by atoms with E-state index in [1.807, 2.05) is 0 Å². The molecule has 4 rings (SSSR count). The number of carbonyl (C=O) groups excluding carboxylic acids is 3. The molecule has 10 heteroatoms. The van der Waals surface area contributed by atoms with E-state index in [1.54, 1.807) is 0 Å². The van der Waals surface area contributed by atoms with Gasteiger partial charge in [0.1, 0.15) is 11.6 Å². The summed E-state index contributed by atoms with van der Waals surface area (Å²) >= 11 is 0. The number of nitrogens with zero attached hydrogens (tertiary/aromatic N) is 1. The molecule has 2 saturated heterocycles. The van der Waals surface area contributed by atoms with Crippen molar-refractivity contribution in [3.63, 3.8) is 0 Å². The smallest absolute Gasteiger partial charge is 0.415 e. The van der Waals surface area contributed by atoms with Crippen molar-refractivity contribution in [2.24, 2.45) is 23.3 Å². The molecule has 0 bridgehead atoms. The number of cyclic esters (lactones) is 1. The Morgan fingerprint density at radius 2 is 1.88 bits per heavy atom. The van der Waals surface area contributed by atoms with Crippen LogP contribution in [0.25, 0.3) is 0 Å². The number of ether oxygens (including phenoxy) is 1. The monoisotopic (exact) mass is 366 g/mol. The molecule has 4 atom stereocenters. The summed E-state index contributed by atoms with van der Waals surface area (Å²) in [6.07, 6.45) is -2.10. The van der Waals surface area contributed by atoms with Gasteiger partial charge < -0.3 is 21.5 Å². The van der Waals surface area contributed by atoms with Crippen LogP contribution in [0, 0.1) is 23.5 Å². The van der Waals surface area contributed by atoms with Crippen LogP contribution in [0.1, 0.15) is 5.56 Å². The van der Waals surface area contributed by atoms with Gasteiger partial charge in [0.25, 0.3) is 5.91 Å². The van der Waals surface area contributed by atoms with Crippen molar-refractivity contribution in [1.29, 1.82) is 0 Å². The van der Waals surface area contributed by atoms with E-state index >= 15 is 0 Å². The Balaban J connectivity index is 1.70. The van der Waals surface area contributed by atoms with Crippen molar-refractivity contribution in [3.05, 3.63) is 29.3 Å². The molecule has 26 heavy (non-hydrogen) atoms. The van der Waals surface area contributed by atoms with Gasteiger partial charge in [0.15, 0.2) is 6.10 Å². The third-order valence-electron chi connectivity index (χ3n) is 5.53. The fourth-order valence-electron chi connectivity index (χ4n) is 4.36. The SMILES string of the molecule is NC(=O)C1C2CNCC21c1c(F)cc(N2C[C@H](C(N)=O)OC2=O)cc1F. The van der Waals surface area contributed by atoms with Crippen molar-refractivity contribution >= 4 is 23.6 Å². The summed E-state index contributed by atoms with van der Waals surface area (Å²) in [4.78, 5) is 35.6. The fraction of sp³-hybridized carbons (Fsp3) is 0.438. The van der Waals surface area contributed by atoms with Gasteiger partial charge in [-0.25, -0.2) is 13.6 Å². The van der Waals surface area contributed by atoms with Gasteiger partial charge in [0.2, 0.25) is 5.91 Å². The van der Waals surface area contributed by atoms with E-state index in [2.05, 4.69) is 5.32 Å². The highest BCUT2D eigenvalue weighted by Gasteiger charge is 2.71. The first-order valence-electron chi connectivity index (χ1n) is 8.04. The maximum absolute atomic E-state index is 14.8. The van der Waals surface area contributed by atoms with Crippen LogP contribution >= 0.6 is 0 Å². The van der Waals surface area contributed by atoms with Crippen molar-refractivity contribution < 1.29 is 27.9 Å². The highest BCUT2D eigenvalue weighted by atomic mass is 19.1. The number of fused-ring (bicyclic) bond motifs is 1. The highest BCUT2D eigenvalue weighted by molar-refractivity contribution is 5.95. The van der Waals surface area contributed by atoms with E-state index in [4.69, 9.17) is 16.2 Å². The number of rotatable bonds is 4. The number of carbonyl (C=O) groups is 3. The van der Waals surface area contributed by atoms with Crippen LogP contribution in [0.2, 0.25) is 0 Å². The Labute approximate surface area is 146 Å². The number of nitrogens with two attached hydrogens (primary N) is 2. The van der Waals surface area contributed by atoms with Gasteiger partial charge in [0.05, 0.1) is 18.2 Å². The van der Waals surface area contributed by atoms with Gasteiger partial charge in [-0.15, -0.1) is 0 Å². The molecule has 0 aromatic heterocycles. The summed E-state index contributed by atoms with van der Waals surface area (Å²) in [5, 5.41) is 3.02. The lowest BCUT2D eigenvalue weighted by atomic mass is 9.91. The van der Waals surface area contributed by atoms with E-state index < -0.39 is 47.0 Å². The van der Waals surface area contributed by atoms with Gasteiger partial charge >= 0.3 is 6.09 Å². The average Bonchev–Trinajstić information content (AvgIpc) is 2.84. The molecule has 2 heterocycles. The minimum Gasteiger partial charge on any atom is -0.434 e. The summed E-state index contributed by atoms with van der Waals surface area (Å²) in [6, 6.07) is 1.98. The molecule has 8 nitrogen and oxygen atoms in total. The van der Waals surface area contributed by atoms with Gasteiger partial charge in [0, 0.05) is 17.5 Å². The molecule has 1 aromatic rings. The quantitative estimate of drug-likeness (QED) is 0.652. The third-order valence-corrected chi connectivity index (χ3v) is 5.53. The molecule has 1 aliphatic carbocycles. The predicted octanol–water partition coefficient (Wildman–Crippen LogP) is -0.652. The fourth-order valence-corrected chi connectivity index (χ4v) is 4.36. The molecular weight excluding hydrogens is 350 g/mol. The number of nitrogens with one attached hydrogen (secondary N) is 1. The van der Waals surface area contributed by atoms with Crippen molar-refractivity contribution in [2.45, 2.75) is 11.5 Å². The normalized spacial score (nSPS) is 32.3. The van der Waals surface area contributed by atoms with Crippen molar-refractivity contribution in [1.82, 2.24) is 5.32 Å². The Morgan fingerprint density at radius 1 is 1.23 bits per heavy atom. The maximum Gasteiger partial charge on any atom is 0.415 e. The Kier molecular flexibility index (Phi) is 3.45. The summed E-state index contributed by atoms with van der Waals surface area (Å²) in [5.74, 6) is -4.09. The van der Waals surface area contributed by atoms with Gasteiger partial charge in [-0.3, -0.25) is 14.5 Å². The molecule has 138 valence electrons. The molecular formula is C16H16F2N4O4. The second-order valence-electron chi connectivity index (χ2n) is 6.83. The molecule has 3 amide bonds. The number of piperidine rings is 1. The van der Waals surface area contributed by atoms with E-state index in [1.165, 1.54) is 0 Å². The molecule has 2 aliphatic heterocycles. The standard InChI is InChI=1S/C16H16F2N4O4/c17-8-1-6(22-4-10(13(19)23)26-15(22)25)2-9(18)12(8)16-5-21-3-7(16)11(16)14(20)24/h1-2,7,10-11,21H,3-5H2,(H2,19,23)(H2,20,24)/t7?,10-,11?,16?/m1/s1. The first-order chi connectivity index (χ1) is 12.3. The minimum absolute atomic E-state index is 0.0901. The summed E-state index contributed by atoms with van der Waals surface area (Å²) in [6.45, 7) is 0.465. The molecule has 3 aliphatic rings. The lowest BCUT2D eigenvalue weighted by molar-refractivity contribution is -0.124. The number of amides is 3. The van der Waals surface area contributed by atoms with E-state index in [-0.39, 0.29) is 30.3 Å². The molecule has 0 spiro atoms. The zero-order valence-electron chi connectivity index (χ0n) is 13.5. The van der Waals surface area contributed by atoms with Crippen LogP contribution in [0.3, 0.4) is 0 Å². The maximum atomic E-state index is 14.8. The van der Waals surface area contributed by atoms with E-state index in [9.17, 15) is 23.2 Å². The summed E-state index contributed by atoms with van der Waals surface area (Å²) in [5.41, 5.74) is 9.17. The topological polar surface area (TPSA) is 128 Å². The molecule has 1 saturated carbocycles. The Morgan fingerprint density at radius 3 is 2.38 bits per heavy atom. The van der Waals surface area contributed by atoms with Crippen LogP contribution < -0.4 is 21.7 Å². The third kappa shape index (κ3) is 2.11. The number of primary amides is 2. The first-order valence-corrected chi connectivity index (χ1v) is 8.04. The van der Waals surface area contributed by atoms with Crippen LogP contribution in [0.15, 0.2) is 12.1 Å². The number of hydrogen-bond donors (Lipinski definition) is 3. The summed E-state index contributed by atoms with van der Waals surface area (Å²) < 4.78 is 34.4. The van der Waals surface area contributed by atoms with E-state index in [0.29, 0.717) is 6.54 Å². The van der Waals surface area contributed by atoms with Crippen LogP contribution in [-0.4, -0.2) is 43.6 Å². The largest absolute Gasteiger partial charge is 0.434 e. The van der Waals surface area contributed by atoms with Gasteiger partial charge in [-0.1, -0.05) is 0 Å². The van der Waals surface area contributed by atoms with E-state index in [0.717, 1.165) is 17.0 Å². The number of halogens is 2. The highest BCUT2D eigenvalue weighted by Crippen LogP contribution is 2.62. The second kappa shape index (κ2) is 5.37. The first kappa shape index (κ1) is 16.7. The predicted molar refractivity (Wildman–Crippen MR) is 83.9 cm³/mol. The molecule has 3 unspecified atom stereocenters. The second-order valence-corrected chi connectivity index (χ2v) is 6.83. The number of hydrogen-bond acceptors (Lipinski definition) is 5. The van der Waals surface area contributed by atoms with Crippen LogP contribution in [0.5, 0.6) is 0 Å². The van der Waals surface area contributed by atoms with Crippen LogP contribution in [0.4, 0.5) is 19.3 Å². The number of benzene rings is 1. The molecule has 1 aromatic carbocycles. The molecule has 5 N–H and O–H groups in total. The lowest BCUT2D eigenvalue weighted by Gasteiger charge is -2.20. The number of anilines is 1. The van der Waals surface area contributed by atoms with Gasteiger partial charge in [-0.2, -0.15) is 0 Å². The molecule has 0 radical (unpaired) electrons. The zero-order valence-corrected chi connectivity index (χ0v) is 13.5. The minimum atomic E-state index is -1.18. The average molecular weight is 366 g/mol.